The predicted octanol–water partition coefficient (Wildman–Crippen LogP) is 2.68. The summed E-state index contributed by atoms with van der Waals surface area (Å²) in [6.45, 7) is 6.52. The molecule has 0 radical (unpaired) electrons. The molecule has 2 aromatic heterocycles. The second-order valence-electron chi connectivity index (χ2n) is 9.28. The summed E-state index contributed by atoms with van der Waals surface area (Å²) in [6, 6.07) is 6.59. The van der Waals surface area contributed by atoms with Crippen LogP contribution in [0.15, 0.2) is 28.4 Å². The van der Waals surface area contributed by atoms with E-state index >= 15 is 0 Å². The quantitative estimate of drug-likeness (QED) is 0.825. The summed E-state index contributed by atoms with van der Waals surface area (Å²) in [7, 11) is 0. The lowest BCUT2D eigenvalue weighted by Crippen LogP contribution is -2.47. The first-order valence-corrected chi connectivity index (χ1v) is 12.0. The summed E-state index contributed by atoms with van der Waals surface area (Å²) in [6.07, 6.45) is 4.34. The van der Waals surface area contributed by atoms with Crippen LogP contribution in [0.25, 0.3) is 0 Å². The van der Waals surface area contributed by atoms with Gasteiger partial charge in [0.05, 0.1) is 12.2 Å². The smallest absolute Gasteiger partial charge is 0.255 e. The van der Waals surface area contributed by atoms with Crippen molar-refractivity contribution in [2.24, 2.45) is 5.92 Å². The van der Waals surface area contributed by atoms with Crippen LogP contribution in [-0.2, 0) is 29.8 Å². The van der Waals surface area contributed by atoms with Crippen LogP contribution < -0.4 is 10.9 Å². The van der Waals surface area contributed by atoms with Gasteiger partial charge < -0.3 is 14.6 Å². The lowest BCUT2D eigenvalue weighted by molar-refractivity contribution is -0.0981. The van der Waals surface area contributed by atoms with Crippen LogP contribution in [0.5, 0.6) is 0 Å². The molecule has 5 nitrogen and oxygen atoms in total. The van der Waals surface area contributed by atoms with Crippen molar-refractivity contribution < 1.29 is 4.74 Å². The number of nitrogens with zero attached hydrogens (tertiary/aromatic N) is 2. The zero-order valence-corrected chi connectivity index (χ0v) is 17.7. The Hall–Kier alpha value is -1.47. The van der Waals surface area contributed by atoms with Gasteiger partial charge in [-0.2, -0.15) is 0 Å². The standard InChI is InChI=1S/C23H29N3O2S/c27-22-17(1-2-20-18-11-16(12-24-13-18)14-26(20)22)15-25-7-5-23(6-8-25)19-4-10-29-21(19)3-9-28-23/h1-2,4,10,16,18,24H,3,5-9,11-15H2/t16-,18+/m0/s1. The van der Waals surface area contributed by atoms with Crippen LogP contribution in [0.4, 0.5) is 0 Å². The van der Waals surface area contributed by atoms with Gasteiger partial charge in [0.2, 0.25) is 0 Å². The molecule has 0 aliphatic carbocycles. The van der Waals surface area contributed by atoms with E-state index in [0.717, 1.165) is 70.7 Å². The Morgan fingerprint density at radius 1 is 1.21 bits per heavy atom. The molecule has 0 unspecified atom stereocenters. The molecule has 2 atom stereocenters. The third-order valence-corrected chi connectivity index (χ3v) is 8.57. The minimum atomic E-state index is -0.0839. The third-order valence-electron chi connectivity index (χ3n) is 7.59. The molecule has 2 saturated heterocycles. The lowest BCUT2D eigenvalue weighted by atomic mass is 9.82. The highest BCUT2D eigenvalue weighted by Gasteiger charge is 2.41. The van der Waals surface area contributed by atoms with E-state index in [4.69, 9.17) is 4.74 Å². The highest BCUT2D eigenvalue weighted by atomic mass is 32.1. The highest BCUT2D eigenvalue weighted by Crippen LogP contribution is 2.43. The Labute approximate surface area is 175 Å². The van der Waals surface area contributed by atoms with E-state index < -0.39 is 0 Å². The van der Waals surface area contributed by atoms with Gasteiger partial charge in [0.15, 0.2) is 0 Å². The van der Waals surface area contributed by atoms with Crippen LogP contribution in [-0.4, -0.2) is 42.3 Å². The number of fused-ring (bicyclic) bond motifs is 6. The Balaban J connectivity index is 1.19. The van der Waals surface area contributed by atoms with Crippen molar-refractivity contribution in [2.45, 2.75) is 50.3 Å². The monoisotopic (exact) mass is 411 g/mol. The van der Waals surface area contributed by atoms with Crippen LogP contribution in [0, 0.1) is 5.92 Å². The van der Waals surface area contributed by atoms with E-state index in [1.807, 2.05) is 11.3 Å². The molecule has 29 heavy (non-hydrogen) atoms. The SMILES string of the molecule is O=c1c(CN2CCC3(CC2)OCCc2sccc23)ccc2n1C[C@@H]1CNC[C@H]2C1. The van der Waals surface area contributed by atoms with Crippen molar-refractivity contribution in [2.75, 3.05) is 32.8 Å². The van der Waals surface area contributed by atoms with E-state index in [1.54, 1.807) is 0 Å². The maximum Gasteiger partial charge on any atom is 0.255 e. The average molecular weight is 412 g/mol. The number of hydrogen-bond acceptors (Lipinski definition) is 5. The first kappa shape index (κ1) is 18.3. The largest absolute Gasteiger partial charge is 0.370 e. The minimum absolute atomic E-state index is 0.0839. The molecule has 1 spiro atoms. The summed E-state index contributed by atoms with van der Waals surface area (Å²) in [5.41, 5.74) is 3.79. The van der Waals surface area contributed by atoms with Gasteiger partial charge in [-0.3, -0.25) is 9.69 Å². The Morgan fingerprint density at radius 2 is 2.10 bits per heavy atom. The van der Waals surface area contributed by atoms with Crippen molar-refractivity contribution >= 4 is 11.3 Å². The highest BCUT2D eigenvalue weighted by molar-refractivity contribution is 7.10. The molecule has 4 aliphatic rings. The number of aromatic nitrogens is 1. The first-order valence-electron chi connectivity index (χ1n) is 11.1. The molecule has 0 saturated carbocycles. The molecular weight excluding hydrogens is 382 g/mol. The zero-order chi connectivity index (χ0) is 19.4. The molecule has 2 aromatic rings. The number of piperidine rings is 2. The second kappa shape index (κ2) is 7.05. The van der Waals surface area contributed by atoms with E-state index in [-0.39, 0.29) is 11.2 Å². The van der Waals surface area contributed by atoms with Crippen LogP contribution >= 0.6 is 11.3 Å². The molecule has 2 fully saturated rings. The lowest BCUT2D eigenvalue weighted by Gasteiger charge is -2.44. The molecule has 6 heterocycles. The Bertz CT molecular complexity index is 973. The van der Waals surface area contributed by atoms with Gasteiger partial charge >= 0.3 is 0 Å². The predicted molar refractivity (Wildman–Crippen MR) is 115 cm³/mol. The minimum Gasteiger partial charge on any atom is -0.370 e. The number of likely N-dealkylation sites (tertiary alicyclic amines) is 1. The number of pyridine rings is 1. The van der Waals surface area contributed by atoms with Crippen molar-refractivity contribution in [3.05, 3.63) is 55.6 Å². The van der Waals surface area contributed by atoms with E-state index in [2.05, 4.69) is 38.4 Å². The van der Waals surface area contributed by atoms with Gasteiger partial charge in [0.1, 0.15) is 0 Å². The van der Waals surface area contributed by atoms with Gasteiger partial charge in [-0.15, -0.1) is 11.3 Å². The summed E-state index contributed by atoms with van der Waals surface area (Å²) in [5.74, 6) is 1.11. The fraction of sp³-hybridized carbons (Fsp3) is 0.609. The number of nitrogens with one attached hydrogen (secondary N) is 1. The number of hydrogen-bond donors (Lipinski definition) is 1. The number of thiophene rings is 1. The van der Waals surface area contributed by atoms with Crippen molar-refractivity contribution in [3.63, 3.8) is 0 Å². The molecule has 154 valence electrons. The Kier molecular flexibility index (Phi) is 4.45. The van der Waals surface area contributed by atoms with Gasteiger partial charge in [0, 0.05) is 61.2 Å². The summed E-state index contributed by atoms with van der Waals surface area (Å²) in [5, 5.41) is 5.74. The Morgan fingerprint density at radius 3 is 3.00 bits per heavy atom. The molecule has 6 heteroatoms. The summed E-state index contributed by atoms with van der Waals surface area (Å²) < 4.78 is 8.42. The second-order valence-corrected chi connectivity index (χ2v) is 10.3. The molecule has 1 N–H and O–H groups in total. The van der Waals surface area contributed by atoms with Gasteiger partial charge in [0.25, 0.3) is 5.56 Å². The molecule has 4 aliphatic heterocycles. The van der Waals surface area contributed by atoms with Gasteiger partial charge in [-0.1, -0.05) is 6.07 Å². The zero-order valence-electron chi connectivity index (χ0n) is 16.9. The van der Waals surface area contributed by atoms with Crippen molar-refractivity contribution in [1.29, 1.82) is 0 Å². The molecular formula is C23H29N3O2S. The fourth-order valence-electron chi connectivity index (χ4n) is 6.04. The fourth-order valence-corrected chi connectivity index (χ4v) is 6.99. The molecule has 0 amide bonds. The number of ether oxygens (including phenoxy) is 1. The summed E-state index contributed by atoms with van der Waals surface area (Å²) in [4.78, 5) is 17.2. The van der Waals surface area contributed by atoms with E-state index in [0.29, 0.717) is 11.8 Å². The van der Waals surface area contributed by atoms with Crippen molar-refractivity contribution in [3.8, 4) is 0 Å². The molecule has 0 aromatic carbocycles. The van der Waals surface area contributed by atoms with Gasteiger partial charge in [-0.25, -0.2) is 0 Å². The van der Waals surface area contributed by atoms with Crippen LogP contribution in [0.3, 0.4) is 0 Å². The molecule has 2 bridgehead atoms. The molecule has 6 rings (SSSR count). The van der Waals surface area contributed by atoms with E-state index in [9.17, 15) is 4.79 Å². The van der Waals surface area contributed by atoms with Crippen LogP contribution in [0.2, 0.25) is 0 Å². The maximum absolute atomic E-state index is 13.2. The third kappa shape index (κ3) is 3.03. The normalized spacial score (nSPS) is 28.1. The average Bonchev–Trinajstić information content (AvgIpc) is 3.23. The van der Waals surface area contributed by atoms with Crippen LogP contribution in [0.1, 0.15) is 46.9 Å². The van der Waals surface area contributed by atoms with Crippen molar-refractivity contribution in [1.82, 2.24) is 14.8 Å². The van der Waals surface area contributed by atoms with E-state index in [1.165, 1.54) is 22.6 Å². The first-order chi connectivity index (χ1) is 14.2. The number of rotatable bonds is 2. The van der Waals surface area contributed by atoms with Gasteiger partial charge in [-0.05, 0) is 54.8 Å². The topological polar surface area (TPSA) is 46.5 Å². The maximum atomic E-state index is 13.2. The summed E-state index contributed by atoms with van der Waals surface area (Å²) >= 11 is 1.88.